The summed E-state index contributed by atoms with van der Waals surface area (Å²) in [5, 5.41) is 6.43. The first kappa shape index (κ1) is 19.8. The van der Waals surface area contributed by atoms with Crippen LogP contribution in [-0.2, 0) is 6.54 Å². The fraction of sp³-hybridized carbons (Fsp3) is 0.312. The lowest BCUT2D eigenvalue weighted by Crippen LogP contribution is -2.37. The van der Waals surface area contributed by atoms with Gasteiger partial charge in [-0.25, -0.2) is 4.39 Å². The molecule has 0 saturated carbocycles. The number of guanidine groups is 1. The Balaban J connectivity index is 0.00000264. The van der Waals surface area contributed by atoms with Crippen LogP contribution in [0.3, 0.4) is 0 Å². The van der Waals surface area contributed by atoms with Gasteiger partial charge in [-0.3, -0.25) is 4.99 Å². The summed E-state index contributed by atoms with van der Waals surface area (Å²) >= 11 is 1.72. The molecule has 0 spiro atoms. The molecule has 7 heteroatoms. The summed E-state index contributed by atoms with van der Waals surface area (Å²) in [6, 6.07) is 10.4. The molecule has 0 fully saturated rings. The Labute approximate surface area is 157 Å². The van der Waals surface area contributed by atoms with E-state index in [0.29, 0.717) is 6.54 Å². The van der Waals surface area contributed by atoms with E-state index in [2.05, 4.69) is 15.6 Å². The third kappa shape index (κ3) is 7.74. The van der Waals surface area contributed by atoms with Crippen LogP contribution in [0.25, 0.3) is 0 Å². The number of nitrogens with zero attached hydrogens (tertiary/aromatic N) is 1. The number of rotatable bonds is 7. The van der Waals surface area contributed by atoms with Crippen molar-refractivity contribution in [1.82, 2.24) is 10.6 Å². The van der Waals surface area contributed by atoms with Crippen LogP contribution >= 0.6 is 35.7 Å². The zero-order chi connectivity index (χ0) is 15.6. The maximum Gasteiger partial charge on any atom is 0.191 e. The lowest BCUT2D eigenvalue weighted by atomic mass is 10.4. The molecular weight excluding hydrogens is 428 g/mol. The first-order chi connectivity index (χ1) is 10.8. The van der Waals surface area contributed by atoms with Gasteiger partial charge in [-0.1, -0.05) is 0 Å². The van der Waals surface area contributed by atoms with Crippen molar-refractivity contribution in [2.75, 3.05) is 19.3 Å². The van der Waals surface area contributed by atoms with Gasteiger partial charge in [-0.15, -0.1) is 35.7 Å². The van der Waals surface area contributed by atoms with E-state index >= 15 is 0 Å². The summed E-state index contributed by atoms with van der Waals surface area (Å²) in [7, 11) is 1.74. The minimum Gasteiger partial charge on any atom is -0.467 e. The van der Waals surface area contributed by atoms with E-state index in [9.17, 15) is 4.39 Å². The van der Waals surface area contributed by atoms with Crippen molar-refractivity contribution in [3.63, 3.8) is 0 Å². The molecule has 23 heavy (non-hydrogen) atoms. The van der Waals surface area contributed by atoms with Crippen LogP contribution in [0.15, 0.2) is 57.0 Å². The van der Waals surface area contributed by atoms with Crippen molar-refractivity contribution in [2.24, 2.45) is 4.99 Å². The van der Waals surface area contributed by atoms with E-state index in [-0.39, 0.29) is 29.8 Å². The largest absolute Gasteiger partial charge is 0.467 e. The highest BCUT2D eigenvalue weighted by molar-refractivity contribution is 14.0. The van der Waals surface area contributed by atoms with Gasteiger partial charge in [0.05, 0.1) is 12.8 Å². The Morgan fingerprint density at radius 1 is 1.22 bits per heavy atom. The molecule has 0 unspecified atom stereocenters. The van der Waals surface area contributed by atoms with E-state index in [4.69, 9.17) is 4.42 Å². The first-order valence-corrected chi connectivity index (χ1v) is 8.12. The van der Waals surface area contributed by atoms with E-state index < -0.39 is 0 Å². The van der Waals surface area contributed by atoms with Gasteiger partial charge in [-0.2, -0.15) is 0 Å². The predicted octanol–water partition coefficient (Wildman–Crippen LogP) is 3.88. The highest BCUT2D eigenvalue weighted by Crippen LogP contribution is 2.18. The summed E-state index contributed by atoms with van der Waals surface area (Å²) < 4.78 is 18.0. The molecule has 0 aliphatic carbocycles. The van der Waals surface area contributed by atoms with Crippen molar-refractivity contribution in [3.8, 4) is 0 Å². The van der Waals surface area contributed by atoms with Crippen molar-refractivity contribution < 1.29 is 8.81 Å². The maximum absolute atomic E-state index is 12.8. The van der Waals surface area contributed by atoms with Crippen LogP contribution in [0, 0.1) is 5.82 Å². The molecule has 1 aromatic heterocycles. The van der Waals surface area contributed by atoms with Gasteiger partial charge in [-0.05, 0) is 48.6 Å². The van der Waals surface area contributed by atoms with Crippen LogP contribution in [0.5, 0.6) is 0 Å². The Kier molecular flexibility index (Phi) is 9.77. The molecule has 0 atom stereocenters. The molecule has 2 aromatic rings. The topological polar surface area (TPSA) is 49.6 Å². The number of hydrogen-bond donors (Lipinski definition) is 2. The van der Waals surface area contributed by atoms with Gasteiger partial charge in [0, 0.05) is 18.5 Å². The van der Waals surface area contributed by atoms with Crippen molar-refractivity contribution in [1.29, 1.82) is 0 Å². The quantitative estimate of drug-likeness (QED) is 0.222. The van der Waals surface area contributed by atoms with Crippen LogP contribution in [0.1, 0.15) is 12.2 Å². The lowest BCUT2D eigenvalue weighted by Gasteiger charge is -2.10. The number of aliphatic imine (C=N–C) groups is 1. The highest BCUT2D eigenvalue weighted by Gasteiger charge is 2.00. The number of benzene rings is 1. The number of halogens is 2. The number of furan rings is 1. The van der Waals surface area contributed by atoms with Gasteiger partial charge >= 0.3 is 0 Å². The van der Waals surface area contributed by atoms with Crippen molar-refractivity contribution >= 4 is 41.7 Å². The zero-order valence-electron chi connectivity index (χ0n) is 12.9. The maximum atomic E-state index is 12.8. The van der Waals surface area contributed by atoms with E-state index in [1.807, 2.05) is 12.1 Å². The summed E-state index contributed by atoms with van der Waals surface area (Å²) in [5.41, 5.74) is 0. The summed E-state index contributed by atoms with van der Waals surface area (Å²) in [4.78, 5) is 5.24. The summed E-state index contributed by atoms with van der Waals surface area (Å²) in [5.74, 6) is 2.39. The molecule has 0 aliphatic heterocycles. The number of nitrogens with one attached hydrogen (secondary N) is 2. The summed E-state index contributed by atoms with van der Waals surface area (Å²) in [6.07, 6.45) is 2.64. The predicted molar refractivity (Wildman–Crippen MR) is 104 cm³/mol. The average Bonchev–Trinajstić information content (AvgIpc) is 3.05. The molecular formula is C16H21FIN3OS. The Morgan fingerprint density at radius 3 is 2.65 bits per heavy atom. The van der Waals surface area contributed by atoms with Gasteiger partial charge in [0.15, 0.2) is 5.96 Å². The Morgan fingerprint density at radius 2 is 2.00 bits per heavy atom. The zero-order valence-corrected chi connectivity index (χ0v) is 16.1. The molecule has 0 radical (unpaired) electrons. The second kappa shape index (κ2) is 11.3. The third-order valence-electron chi connectivity index (χ3n) is 2.93. The minimum atomic E-state index is -0.197. The van der Waals surface area contributed by atoms with E-state index in [1.165, 1.54) is 12.1 Å². The smallest absolute Gasteiger partial charge is 0.191 e. The normalized spacial score (nSPS) is 11.0. The van der Waals surface area contributed by atoms with Gasteiger partial charge in [0.1, 0.15) is 11.6 Å². The standard InChI is InChI=1S/C16H20FN3OS.HI/c1-18-16(20-12-14-4-2-10-21-14)19-9-3-11-22-15-7-5-13(17)6-8-15;/h2,4-8,10H,3,9,11-12H2,1H3,(H2,18,19,20);1H. The minimum absolute atomic E-state index is 0. The number of hydrogen-bond acceptors (Lipinski definition) is 3. The monoisotopic (exact) mass is 449 g/mol. The van der Waals surface area contributed by atoms with Crippen LogP contribution in [0.4, 0.5) is 4.39 Å². The second-order valence-electron chi connectivity index (χ2n) is 4.59. The van der Waals surface area contributed by atoms with Crippen LogP contribution < -0.4 is 10.6 Å². The summed E-state index contributed by atoms with van der Waals surface area (Å²) in [6.45, 7) is 1.43. The van der Waals surface area contributed by atoms with E-state index in [0.717, 1.165) is 35.3 Å². The Bertz CT molecular complexity index is 576. The lowest BCUT2D eigenvalue weighted by molar-refractivity contribution is 0.501. The van der Waals surface area contributed by atoms with Crippen molar-refractivity contribution in [2.45, 2.75) is 17.9 Å². The molecule has 0 saturated heterocycles. The molecule has 2 N–H and O–H groups in total. The SMILES string of the molecule is CN=C(NCCCSc1ccc(F)cc1)NCc1ccco1.I. The molecule has 0 amide bonds. The third-order valence-corrected chi connectivity index (χ3v) is 4.03. The Hall–Kier alpha value is -1.22. The molecule has 1 aromatic carbocycles. The fourth-order valence-electron chi connectivity index (χ4n) is 1.80. The molecule has 2 rings (SSSR count). The van der Waals surface area contributed by atoms with Crippen LogP contribution in [-0.4, -0.2) is 25.3 Å². The van der Waals surface area contributed by atoms with Gasteiger partial charge in [0.25, 0.3) is 0 Å². The van der Waals surface area contributed by atoms with Crippen LogP contribution in [0.2, 0.25) is 0 Å². The van der Waals surface area contributed by atoms with Gasteiger partial charge in [0.2, 0.25) is 0 Å². The van der Waals surface area contributed by atoms with E-state index in [1.54, 1.807) is 37.2 Å². The molecule has 0 aliphatic rings. The second-order valence-corrected chi connectivity index (χ2v) is 5.76. The molecule has 0 bridgehead atoms. The fourth-order valence-corrected chi connectivity index (χ4v) is 2.66. The van der Waals surface area contributed by atoms with Crippen molar-refractivity contribution in [3.05, 3.63) is 54.2 Å². The van der Waals surface area contributed by atoms with Gasteiger partial charge < -0.3 is 15.1 Å². The molecule has 4 nitrogen and oxygen atoms in total. The molecule has 1 heterocycles. The highest BCUT2D eigenvalue weighted by atomic mass is 127. The first-order valence-electron chi connectivity index (χ1n) is 7.13. The number of thioether (sulfide) groups is 1. The average molecular weight is 449 g/mol. The molecule has 126 valence electrons.